The third-order valence-corrected chi connectivity index (χ3v) is 2.55. The van der Waals surface area contributed by atoms with Gasteiger partial charge in [0.05, 0.1) is 7.11 Å². The first-order valence-electron chi connectivity index (χ1n) is 5.74. The number of Topliss-reactive ketones (excluding diaryl/α,β-unsaturated/α-hetero) is 1. The number of carbonyl (C=O) groups is 1. The predicted octanol–water partition coefficient (Wildman–Crippen LogP) is 3.96. The number of carbonyl (C=O) groups excluding carboxylic acids is 1. The van der Waals surface area contributed by atoms with Gasteiger partial charge in [0.25, 0.3) is 0 Å². The summed E-state index contributed by atoms with van der Waals surface area (Å²) in [6.45, 7) is 9.28. The number of methoxy groups -OCH3 is 1. The lowest BCUT2D eigenvalue weighted by Crippen LogP contribution is -2.02. The van der Waals surface area contributed by atoms with Crippen molar-refractivity contribution in [1.82, 2.24) is 0 Å². The van der Waals surface area contributed by atoms with E-state index >= 15 is 0 Å². The van der Waals surface area contributed by atoms with Gasteiger partial charge in [0, 0.05) is 5.57 Å². The normalized spacial score (nSPS) is 14.9. The highest BCUT2D eigenvalue weighted by atomic mass is 16.5. The van der Waals surface area contributed by atoms with Crippen molar-refractivity contribution in [3.8, 4) is 0 Å². The molecule has 0 unspecified atom stereocenters. The lowest BCUT2D eigenvalue weighted by molar-refractivity contribution is -0.113. The van der Waals surface area contributed by atoms with Crippen molar-refractivity contribution < 1.29 is 9.53 Å². The van der Waals surface area contributed by atoms with E-state index in [1.54, 1.807) is 14.0 Å². The molecular weight excluding hydrogens is 212 g/mol. The molecule has 0 atom stereocenters. The first kappa shape index (κ1) is 15.4. The minimum absolute atomic E-state index is 0.0767. The van der Waals surface area contributed by atoms with Gasteiger partial charge in [-0.05, 0) is 57.9 Å². The lowest BCUT2D eigenvalue weighted by atomic mass is 9.95. The average molecular weight is 234 g/mol. The molecule has 0 heterocycles. The van der Waals surface area contributed by atoms with Gasteiger partial charge in [-0.3, -0.25) is 4.79 Å². The molecule has 0 saturated heterocycles. The second-order valence-electron chi connectivity index (χ2n) is 3.68. The number of rotatable bonds is 5. The fourth-order valence-corrected chi connectivity index (χ4v) is 1.70. The van der Waals surface area contributed by atoms with E-state index in [-0.39, 0.29) is 5.78 Å². The topological polar surface area (TPSA) is 26.3 Å². The molecule has 2 nitrogen and oxygen atoms in total. The summed E-state index contributed by atoms with van der Waals surface area (Å²) in [5.41, 5.74) is 2.72. The Morgan fingerprint density at radius 1 is 0.941 bits per heavy atom. The van der Waals surface area contributed by atoms with Crippen LogP contribution in [-0.2, 0) is 9.53 Å². The van der Waals surface area contributed by atoms with Crippen LogP contribution in [0.5, 0.6) is 0 Å². The summed E-state index contributed by atoms with van der Waals surface area (Å²) in [5.74, 6) is 0.869. The molecule has 17 heavy (non-hydrogen) atoms. The zero-order valence-corrected chi connectivity index (χ0v) is 11.6. The molecule has 0 amide bonds. The van der Waals surface area contributed by atoms with Crippen LogP contribution in [0, 0.1) is 0 Å². The van der Waals surface area contributed by atoms with Gasteiger partial charge in [-0.1, -0.05) is 12.2 Å². The van der Waals surface area contributed by atoms with Gasteiger partial charge in [0.2, 0.25) is 0 Å². The summed E-state index contributed by atoms with van der Waals surface area (Å²) >= 11 is 0. The molecule has 0 aliphatic rings. The van der Waals surface area contributed by atoms with Crippen LogP contribution in [0.1, 0.15) is 34.6 Å². The number of allylic oxidation sites excluding steroid dienone is 7. The van der Waals surface area contributed by atoms with Crippen LogP contribution in [0.4, 0.5) is 0 Å². The monoisotopic (exact) mass is 234 g/mol. The molecule has 0 bridgehead atoms. The number of hydrogen-bond donors (Lipinski definition) is 0. The minimum atomic E-state index is 0.0767. The zero-order valence-electron chi connectivity index (χ0n) is 11.6. The van der Waals surface area contributed by atoms with Crippen molar-refractivity contribution in [2.75, 3.05) is 7.11 Å². The second kappa shape index (κ2) is 7.66. The Bertz CT molecular complexity index is 393. The molecule has 0 spiro atoms. The van der Waals surface area contributed by atoms with Gasteiger partial charge < -0.3 is 4.74 Å². The Balaban J connectivity index is 5.38. The maximum Gasteiger partial charge on any atom is 0.160 e. The second-order valence-corrected chi connectivity index (χ2v) is 3.68. The van der Waals surface area contributed by atoms with Crippen LogP contribution in [0.15, 0.2) is 46.8 Å². The van der Waals surface area contributed by atoms with Gasteiger partial charge >= 0.3 is 0 Å². The maximum absolute atomic E-state index is 11.5. The van der Waals surface area contributed by atoms with Crippen molar-refractivity contribution in [2.45, 2.75) is 34.6 Å². The minimum Gasteiger partial charge on any atom is -0.497 e. The van der Waals surface area contributed by atoms with E-state index in [9.17, 15) is 4.79 Å². The standard InChI is InChI=1S/C15H22O2/c1-7-13(17-6)10-11(4)14(8-2)15(9-3)12(5)16/h7-10H,1-6H3/b11-10-,13-7+,14-8+,15-9-. The highest BCUT2D eigenvalue weighted by molar-refractivity contribution is 5.98. The van der Waals surface area contributed by atoms with Crippen LogP contribution in [0.25, 0.3) is 0 Å². The molecule has 0 aromatic rings. The molecule has 2 heteroatoms. The van der Waals surface area contributed by atoms with Crippen molar-refractivity contribution >= 4 is 5.78 Å². The first-order chi connectivity index (χ1) is 8.01. The van der Waals surface area contributed by atoms with E-state index in [1.165, 1.54) is 0 Å². The van der Waals surface area contributed by atoms with Crippen molar-refractivity contribution in [2.24, 2.45) is 0 Å². The quantitative estimate of drug-likeness (QED) is 0.409. The summed E-state index contributed by atoms with van der Waals surface area (Å²) in [6.07, 6.45) is 7.62. The third-order valence-electron chi connectivity index (χ3n) is 2.55. The Kier molecular flexibility index (Phi) is 6.95. The van der Waals surface area contributed by atoms with Crippen molar-refractivity contribution in [1.29, 1.82) is 0 Å². The molecule has 94 valence electrons. The Morgan fingerprint density at radius 2 is 1.47 bits per heavy atom. The molecule has 0 radical (unpaired) electrons. The van der Waals surface area contributed by atoms with E-state index < -0.39 is 0 Å². The van der Waals surface area contributed by atoms with Crippen molar-refractivity contribution in [3.63, 3.8) is 0 Å². The predicted molar refractivity (Wildman–Crippen MR) is 72.7 cm³/mol. The number of hydrogen-bond acceptors (Lipinski definition) is 2. The molecule has 0 aliphatic heterocycles. The molecule has 0 aromatic heterocycles. The smallest absolute Gasteiger partial charge is 0.160 e. The van der Waals surface area contributed by atoms with E-state index in [0.29, 0.717) is 0 Å². The Morgan fingerprint density at radius 3 is 1.76 bits per heavy atom. The van der Waals surface area contributed by atoms with Gasteiger partial charge in [-0.2, -0.15) is 0 Å². The summed E-state index contributed by atoms with van der Waals surface area (Å²) in [6, 6.07) is 0. The molecule has 0 aliphatic carbocycles. The third kappa shape index (κ3) is 4.43. The fraction of sp³-hybridized carbons (Fsp3) is 0.400. The summed E-state index contributed by atoms with van der Waals surface area (Å²) in [4.78, 5) is 11.5. The molecule has 0 N–H and O–H groups in total. The van der Waals surface area contributed by atoms with Gasteiger partial charge in [-0.15, -0.1) is 0 Å². The Hall–Kier alpha value is -1.57. The number of ether oxygens (including phenoxy) is 1. The van der Waals surface area contributed by atoms with Crippen LogP contribution in [0.2, 0.25) is 0 Å². The average Bonchev–Trinajstić information content (AvgIpc) is 2.31. The summed E-state index contributed by atoms with van der Waals surface area (Å²) < 4.78 is 5.19. The molecule has 0 saturated carbocycles. The van der Waals surface area contributed by atoms with E-state index in [0.717, 1.165) is 22.5 Å². The van der Waals surface area contributed by atoms with Crippen LogP contribution in [-0.4, -0.2) is 12.9 Å². The van der Waals surface area contributed by atoms with Crippen LogP contribution < -0.4 is 0 Å². The molecule has 0 rings (SSSR count). The van der Waals surface area contributed by atoms with Crippen LogP contribution in [0.3, 0.4) is 0 Å². The zero-order chi connectivity index (χ0) is 13.4. The Labute approximate surface area is 104 Å². The first-order valence-corrected chi connectivity index (χ1v) is 5.74. The summed E-state index contributed by atoms with van der Waals surface area (Å²) in [5, 5.41) is 0. The van der Waals surface area contributed by atoms with E-state index in [2.05, 4.69) is 0 Å². The van der Waals surface area contributed by atoms with Gasteiger partial charge in [-0.25, -0.2) is 0 Å². The number of ketones is 1. The fourth-order valence-electron chi connectivity index (χ4n) is 1.70. The molecule has 0 aromatic carbocycles. The molecular formula is C15H22O2. The van der Waals surface area contributed by atoms with Crippen molar-refractivity contribution in [3.05, 3.63) is 46.8 Å². The van der Waals surface area contributed by atoms with Gasteiger partial charge in [0.1, 0.15) is 5.76 Å². The molecule has 0 fully saturated rings. The SMILES string of the molecule is C\C=C(/C=C(C)\C(=C/C)C(=C/C)\C(C)=O)OC. The highest BCUT2D eigenvalue weighted by Gasteiger charge is 2.10. The van der Waals surface area contributed by atoms with E-state index in [1.807, 2.05) is 52.0 Å². The van der Waals surface area contributed by atoms with Crippen LogP contribution >= 0.6 is 0 Å². The van der Waals surface area contributed by atoms with Gasteiger partial charge in [0.15, 0.2) is 5.78 Å². The van der Waals surface area contributed by atoms with E-state index in [4.69, 9.17) is 4.74 Å². The maximum atomic E-state index is 11.5. The largest absolute Gasteiger partial charge is 0.497 e. The summed E-state index contributed by atoms with van der Waals surface area (Å²) in [7, 11) is 1.63. The lowest BCUT2D eigenvalue weighted by Gasteiger charge is -2.10. The highest BCUT2D eigenvalue weighted by Crippen LogP contribution is 2.21.